The number of carbonyl (C=O) groups excluding carboxylic acids is 2. The molecule has 1 saturated heterocycles. The topological polar surface area (TPSA) is 49.4 Å². The predicted octanol–water partition coefficient (Wildman–Crippen LogP) is 0.525. The third kappa shape index (κ3) is 1.90. The van der Waals surface area contributed by atoms with Gasteiger partial charge in [0, 0.05) is 0 Å². The average Bonchev–Trinajstić information content (AvgIpc) is 3.11. The fourth-order valence-electron chi connectivity index (χ4n) is 2.34. The summed E-state index contributed by atoms with van der Waals surface area (Å²) in [6, 6.07) is -0.421. The van der Waals surface area contributed by atoms with Crippen LogP contribution in [0.4, 0.5) is 0 Å². The molecule has 2 unspecified atom stereocenters. The van der Waals surface area contributed by atoms with Crippen molar-refractivity contribution in [3.8, 4) is 11.8 Å². The molecule has 0 radical (unpaired) electrons. The molecule has 2 rings (SSSR count). The van der Waals surface area contributed by atoms with Crippen molar-refractivity contribution >= 4 is 11.8 Å². The first-order valence-electron chi connectivity index (χ1n) is 6.03. The van der Waals surface area contributed by atoms with E-state index in [-0.39, 0.29) is 11.8 Å². The van der Waals surface area contributed by atoms with Gasteiger partial charge >= 0.3 is 0 Å². The van der Waals surface area contributed by atoms with E-state index in [1.165, 1.54) is 0 Å². The lowest BCUT2D eigenvalue weighted by Gasteiger charge is -2.42. The van der Waals surface area contributed by atoms with Gasteiger partial charge < -0.3 is 10.2 Å². The summed E-state index contributed by atoms with van der Waals surface area (Å²) in [5, 5.41) is 2.88. The molecular weight excluding hydrogens is 216 g/mol. The number of hydrogen-bond donors (Lipinski definition) is 1. The standard InChI is InChI=1S/C13H18N2O2/c1-4-5-8-15-9(2)11(16)14-13(3,12(15)17)10-6-7-10/h9-10H,6-8H2,1-3H3,(H,14,16). The summed E-state index contributed by atoms with van der Waals surface area (Å²) in [6.45, 7) is 5.66. The van der Waals surface area contributed by atoms with Crippen LogP contribution in [0.2, 0.25) is 0 Å². The summed E-state index contributed by atoms with van der Waals surface area (Å²) >= 11 is 0. The fourth-order valence-corrected chi connectivity index (χ4v) is 2.34. The predicted molar refractivity (Wildman–Crippen MR) is 63.9 cm³/mol. The Morgan fingerprint density at radius 3 is 2.65 bits per heavy atom. The minimum absolute atomic E-state index is 0.00912. The molecule has 2 aliphatic rings. The zero-order chi connectivity index (χ0) is 12.6. The summed E-state index contributed by atoms with van der Waals surface area (Å²) in [5.41, 5.74) is -0.709. The Labute approximate surface area is 102 Å². The third-order valence-corrected chi connectivity index (χ3v) is 3.75. The highest BCUT2D eigenvalue weighted by molar-refractivity contribution is 6.00. The van der Waals surface area contributed by atoms with Gasteiger partial charge in [0.05, 0.1) is 6.54 Å². The number of carbonyl (C=O) groups is 2. The molecule has 0 aromatic carbocycles. The molecular formula is C13H18N2O2. The van der Waals surface area contributed by atoms with Crippen molar-refractivity contribution in [3.63, 3.8) is 0 Å². The first kappa shape index (κ1) is 12.0. The molecule has 2 atom stereocenters. The van der Waals surface area contributed by atoms with E-state index in [0.29, 0.717) is 12.5 Å². The second-order valence-electron chi connectivity index (χ2n) is 5.00. The zero-order valence-electron chi connectivity index (χ0n) is 10.5. The lowest BCUT2D eigenvalue weighted by Crippen LogP contribution is -2.69. The molecule has 4 nitrogen and oxygen atoms in total. The molecule has 92 valence electrons. The Bertz CT molecular complexity index is 417. The number of piperazine rings is 1. The molecule has 1 aliphatic heterocycles. The van der Waals surface area contributed by atoms with Gasteiger partial charge in [-0.2, -0.15) is 0 Å². The smallest absolute Gasteiger partial charge is 0.249 e. The van der Waals surface area contributed by atoms with Crippen molar-refractivity contribution in [2.24, 2.45) is 5.92 Å². The Kier molecular flexibility index (Phi) is 2.86. The van der Waals surface area contributed by atoms with E-state index >= 15 is 0 Å². The number of nitrogens with zero attached hydrogens (tertiary/aromatic N) is 1. The van der Waals surface area contributed by atoms with Crippen molar-refractivity contribution in [2.45, 2.75) is 45.2 Å². The van der Waals surface area contributed by atoms with Crippen LogP contribution in [0.15, 0.2) is 0 Å². The molecule has 1 N–H and O–H groups in total. The van der Waals surface area contributed by atoms with Crippen LogP contribution in [0.1, 0.15) is 33.6 Å². The molecule has 4 heteroatoms. The Morgan fingerprint density at radius 2 is 2.12 bits per heavy atom. The highest BCUT2D eigenvalue weighted by Gasteiger charge is 2.54. The molecule has 0 aromatic heterocycles. The van der Waals surface area contributed by atoms with Crippen LogP contribution in [0.5, 0.6) is 0 Å². The highest BCUT2D eigenvalue weighted by Crippen LogP contribution is 2.42. The Morgan fingerprint density at radius 1 is 1.47 bits per heavy atom. The molecule has 1 heterocycles. The summed E-state index contributed by atoms with van der Waals surface area (Å²) in [6.07, 6.45) is 2.04. The molecule has 1 saturated carbocycles. The van der Waals surface area contributed by atoms with Crippen molar-refractivity contribution in [1.29, 1.82) is 0 Å². The molecule has 17 heavy (non-hydrogen) atoms. The van der Waals surface area contributed by atoms with Crippen LogP contribution < -0.4 is 5.32 Å². The monoisotopic (exact) mass is 234 g/mol. The Hall–Kier alpha value is -1.50. The minimum atomic E-state index is -0.709. The molecule has 0 aromatic rings. The number of amides is 2. The van der Waals surface area contributed by atoms with E-state index in [0.717, 1.165) is 12.8 Å². The van der Waals surface area contributed by atoms with Gasteiger partial charge in [-0.1, -0.05) is 5.92 Å². The third-order valence-electron chi connectivity index (χ3n) is 3.75. The Balaban J connectivity index is 2.25. The van der Waals surface area contributed by atoms with E-state index in [1.54, 1.807) is 18.7 Å². The first-order valence-corrected chi connectivity index (χ1v) is 6.03. The second-order valence-corrected chi connectivity index (χ2v) is 5.00. The average molecular weight is 234 g/mol. The van der Waals surface area contributed by atoms with Gasteiger partial charge in [-0.3, -0.25) is 9.59 Å². The van der Waals surface area contributed by atoms with Gasteiger partial charge in [-0.05, 0) is 39.5 Å². The fraction of sp³-hybridized carbons (Fsp3) is 0.692. The van der Waals surface area contributed by atoms with E-state index in [2.05, 4.69) is 17.2 Å². The summed E-state index contributed by atoms with van der Waals surface area (Å²) in [5.74, 6) is 5.87. The van der Waals surface area contributed by atoms with Gasteiger partial charge in [-0.25, -0.2) is 0 Å². The van der Waals surface area contributed by atoms with Crippen LogP contribution in [-0.2, 0) is 9.59 Å². The SMILES string of the molecule is CC#CCN1C(=O)C(C)(C2CC2)NC(=O)C1C. The minimum Gasteiger partial charge on any atom is -0.340 e. The van der Waals surface area contributed by atoms with Gasteiger partial charge in [0.15, 0.2) is 0 Å². The van der Waals surface area contributed by atoms with Crippen LogP contribution in [0, 0.1) is 17.8 Å². The number of rotatable bonds is 2. The molecule has 1 aliphatic carbocycles. The van der Waals surface area contributed by atoms with E-state index in [1.807, 2.05) is 6.92 Å². The van der Waals surface area contributed by atoms with E-state index in [9.17, 15) is 9.59 Å². The number of nitrogens with one attached hydrogen (secondary N) is 1. The van der Waals surface area contributed by atoms with Gasteiger partial charge in [-0.15, -0.1) is 5.92 Å². The summed E-state index contributed by atoms with van der Waals surface area (Å²) in [4.78, 5) is 25.9. The highest BCUT2D eigenvalue weighted by atomic mass is 16.2. The van der Waals surface area contributed by atoms with Crippen molar-refractivity contribution in [1.82, 2.24) is 10.2 Å². The van der Waals surface area contributed by atoms with Crippen LogP contribution in [0.3, 0.4) is 0 Å². The number of hydrogen-bond acceptors (Lipinski definition) is 2. The maximum atomic E-state index is 12.4. The van der Waals surface area contributed by atoms with Crippen molar-refractivity contribution in [2.75, 3.05) is 6.54 Å². The lowest BCUT2D eigenvalue weighted by molar-refractivity contribution is -0.153. The van der Waals surface area contributed by atoms with Crippen molar-refractivity contribution in [3.05, 3.63) is 0 Å². The van der Waals surface area contributed by atoms with Gasteiger partial charge in [0.1, 0.15) is 11.6 Å². The molecule has 0 spiro atoms. The molecule has 0 bridgehead atoms. The van der Waals surface area contributed by atoms with Crippen molar-refractivity contribution < 1.29 is 9.59 Å². The lowest BCUT2D eigenvalue weighted by atomic mass is 9.90. The molecule has 2 fully saturated rings. The first-order chi connectivity index (χ1) is 8.00. The molecule has 2 amide bonds. The van der Waals surface area contributed by atoms with E-state index < -0.39 is 11.6 Å². The zero-order valence-corrected chi connectivity index (χ0v) is 10.5. The second kappa shape index (κ2) is 4.06. The van der Waals surface area contributed by atoms with E-state index in [4.69, 9.17) is 0 Å². The van der Waals surface area contributed by atoms with Crippen LogP contribution in [-0.4, -0.2) is 34.8 Å². The maximum Gasteiger partial charge on any atom is 0.249 e. The quantitative estimate of drug-likeness (QED) is 0.708. The summed E-state index contributed by atoms with van der Waals surface area (Å²) < 4.78 is 0. The van der Waals surface area contributed by atoms with Crippen LogP contribution in [0.25, 0.3) is 0 Å². The van der Waals surface area contributed by atoms with Crippen LogP contribution >= 0.6 is 0 Å². The largest absolute Gasteiger partial charge is 0.340 e. The van der Waals surface area contributed by atoms with Gasteiger partial charge in [0.25, 0.3) is 0 Å². The van der Waals surface area contributed by atoms with Gasteiger partial charge in [0.2, 0.25) is 11.8 Å². The normalized spacial score (nSPS) is 32.9. The summed E-state index contributed by atoms with van der Waals surface area (Å²) in [7, 11) is 0. The maximum absolute atomic E-state index is 12.4.